The van der Waals surface area contributed by atoms with Crippen LogP contribution in [0.3, 0.4) is 0 Å². The summed E-state index contributed by atoms with van der Waals surface area (Å²) in [6, 6.07) is 18.8. The van der Waals surface area contributed by atoms with E-state index in [2.05, 4.69) is 25.6 Å². The van der Waals surface area contributed by atoms with Gasteiger partial charge in [0, 0.05) is 65.8 Å². The summed E-state index contributed by atoms with van der Waals surface area (Å²) in [6.07, 6.45) is 5.47. The van der Waals surface area contributed by atoms with Gasteiger partial charge in [0.15, 0.2) is 0 Å². The van der Waals surface area contributed by atoms with E-state index < -0.39 is 11.5 Å². The Morgan fingerprint density at radius 1 is 0.980 bits per heavy atom. The molecule has 14 heteroatoms. The highest BCUT2D eigenvalue weighted by atomic mass is 35.5. The number of carbonyl (C=O) groups is 2. The number of methoxy groups -OCH3 is 1. The van der Waals surface area contributed by atoms with Crippen molar-refractivity contribution in [1.82, 2.24) is 35.0 Å². The molecule has 1 saturated heterocycles. The van der Waals surface area contributed by atoms with Crippen LogP contribution in [0, 0.1) is 0 Å². The minimum Gasteiger partial charge on any atom is -0.481 e. The lowest BCUT2D eigenvalue weighted by molar-refractivity contribution is -0.119. The number of carboxylic acids is 1. The fraction of sp³-hybridized carbons (Fsp3) is 0.167. The van der Waals surface area contributed by atoms with Crippen LogP contribution in [0.15, 0.2) is 84.0 Å². The normalized spacial score (nSPS) is 14.2. The van der Waals surface area contributed by atoms with Crippen LogP contribution < -0.4 is 20.9 Å². The lowest BCUT2D eigenvalue weighted by atomic mass is 9.97. The van der Waals surface area contributed by atoms with E-state index in [4.69, 9.17) is 32.9 Å². The van der Waals surface area contributed by atoms with Gasteiger partial charge < -0.3 is 25.5 Å². The molecule has 0 radical (unpaired) electrons. The third-order valence-corrected chi connectivity index (χ3v) is 9.38. The Kier molecular flexibility index (Phi) is 9.06. The van der Waals surface area contributed by atoms with Crippen molar-refractivity contribution in [2.75, 3.05) is 13.7 Å². The zero-order valence-electron chi connectivity index (χ0n) is 26.5. The van der Waals surface area contributed by atoms with Gasteiger partial charge in [-0.05, 0) is 30.2 Å². The number of hydrogen-bond acceptors (Lipinski definition) is 8. The van der Waals surface area contributed by atoms with Gasteiger partial charge in [-0.1, -0.05) is 65.7 Å². The molecule has 252 valence electrons. The number of rotatable bonds is 10. The summed E-state index contributed by atoms with van der Waals surface area (Å²) in [7, 11) is 1.57. The molecule has 1 atom stereocenters. The predicted molar refractivity (Wildman–Crippen MR) is 190 cm³/mol. The second kappa shape index (κ2) is 13.7. The van der Waals surface area contributed by atoms with Crippen molar-refractivity contribution in [1.29, 1.82) is 0 Å². The van der Waals surface area contributed by atoms with E-state index in [-0.39, 0.29) is 29.0 Å². The number of fused-ring (bicyclic) bond motifs is 1. The Morgan fingerprint density at radius 3 is 2.42 bits per heavy atom. The Morgan fingerprint density at radius 2 is 1.72 bits per heavy atom. The Labute approximate surface area is 295 Å². The van der Waals surface area contributed by atoms with Crippen LogP contribution in [0.4, 0.5) is 0 Å². The molecule has 6 aromatic rings. The van der Waals surface area contributed by atoms with Crippen LogP contribution in [-0.4, -0.2) is 61.0 Å². The lowest BCUT2D eigenvalue weighted by Crippen LogP contribution is -2.35. The molecular weight excluding hydrogens is 681 g/mol. The van der Waals surface area contributed by atoms with Crippen molar-refractivity contribution in [2.45, 2.75) is 25.4 Å². The first-order valence-electron chi connectivity index (χ1n) is 15.6. The first-order chi connectivity index (χ1) is 24.2. The van der Waals surface area contributed by atoms with E-state index in [1.165, 1.54) is 10.6 Å². The van der Waals surface area contributed by atoms with E-state index >= 15 is 0 Å². The van der Waals surface area contributed by atoms with Crippen LogP contribution in [-0.2, 0) is 11.3 Å². The van der Waals surface area contributed by atoms with Crippen LogP contribution in [0.5, 0.6) is 5.88 Å². The molecule has 4 aromatic heterocycles. The van der Waals surface area contributed by atoms with E-state index in [0.717, 1.165) is 23.7 Å². The largest absolute Gasteiger partial charge is 0.481 e. The van der Waals surface area contributed by atoms with Gasteiger partial charge >= 0.3 is 5.97 Å². The van der Waals surface area contributed by atoms with Crippen molar-refractivity contribution in [3.63, 3.8) is 0 Å². The number of carbonyl (C=O) groups excluding carboxylic acids is 1. The number of H-pyrrole nitrogens is 1. The summed E-state index contributed by atoms with van der Waals surface area (Å²) in [6.45, 7) is 1.18. The molecule has 1 fully saturated rings. The van der Waals surface area contributed by atoms with Crippen LogP contribution in [0.25, 0.3) is 50.5 Å². The number of benzene rings is 2. The fourth-order valence-electron chi connectivity index (χ4n) is 6.01. The molecule has 1 unspecified atom stereocenters. The Hall–Kier alpha value is -5.56. The van der Waals surface area contributed by atoms with Crippen molar-refractivity contribution >= 4 is 40.7 Å². The smallest absolute Gasteiger partial charge is 0.353 e. The quantitative estimate of drug-likeness (QED) is 0.136. The second-order valence-corrected chi connectivity index (χ2v) is 12.5. The summed E-state index contributed by atoms with van der Waals surface area (Å²) in [5.74, 6) is -0.518. The van der Waals surface area contributed by atoms with E-state index in [9.17, 15) is 19.5 Å². The van der Waals surface area contributed by atoms with Crippen molar-refractivity contribution in [3.8, 4) is 50.8 Å². The van der Waals surface area contributed by atoms with E-state index in [1.54, 1.807) is 25.4 Å². The number of halogens is 2. The topological polar surface area (TPSA) is 164 Å². The number of amides is 1. The van der Waals surface area contributed by atoms with Gasteiger partial charge in [-0.2, -0.15) is 0 Å². The van der Waals surface area contributed by atoms with Gasteiger partial charge in [0.25, 0.3) is 5.56 Å². The van der Waals surface area contributed by atoms with Gasteiger partial charge in [-0.15, -0.1) is 0 Å². The first-order valence-corrected chi connectivity index (χ1v) is 16.4. The maximum Gasteiger partial charge on any atom is 0.353 e. The van der Waals surface area contributed by atoms with Crippen LogP contribution in [0.2, 0.25) is 10.0 Å². The summed E-state index contributed by atoms with van der Waals surface area (Å²) >= 11 is 14.1. The highest BCUT2D eigenvalue weighted by Gasteiger charge is 2.21. The van der Waals surface area contributed by atoms with Gasteiger partial charge in [0.05, 0.1) is 29.0 Å². The summed E-state index contributed by atoms with van der Waals surface area (Å²) in [5.41, 5.74) is 5.00. The van der Waals surface area contributed by atoms with Crippen molar-refractivity contribution in [2.24, 2.45) is 0 Å². The monoisotopic (exact) mass is 709 g/mol. The van der Waals surface area contributed by atoms with Crippen molar-refractivity contribution < 1.29 is 19.4 Å². The molecule has 4 N–H and O–H groups in total. The molecule has 0 aliphatic carbocycles. The number of pyridine rings is 2. The standard InChI is InChI=1S/C36H29Cl2N7O5/c1-50-34-20(15-39-16-21-9-11-30(46)42-21)8-10-27(44-34)25-7-3-6-24(32(25)38)23-5-2-4-22(31(23)37)19-12-13-45-29(14-19)40-17-26(35(45)47)33-41-18-28(43-33)36(48)49/h2-8,10,12-14,17-18,21,39H,9,11,15-16H2,1H3,(H,41,43)(H,42,46)(H,48,49). The molecule has 1 aliphatic heterocycles. The average Bonchev–Trinajstić information content (AvgIpc) is 3.78. The zero-order chi connectivity index (χ0) is 34.9. The maximum atomic E-state index is 13.3. The molecule has 7 rings (SSSR count). The zero-order valence-corrected chi connectivity index (χ0v) is 28.0. The molecule has 0 saturated carbocycles. The predicted octanol–water partition coefficient (Wildman–Crippen LogP) is 5.86. The minimum atomic E-state index is -1.18. The van der Waals surface area contributed by atoms with E-state index in [0.29, 0.717) is 69.0 Å². The van der Waals surface area contributed by atoms with Gasteiger partial charge in [-0.25, -0.2) is 19.7 Å². The first kappa shape index (κ1) is 33.0. The average molecular weight is 711 g/mol. The summed E-state index contributed by atoms with van der Waals surface area (Å²) in [4.78, 5) is 51.9. The molecule has 0 bridgehead atoms. The maximum absolute atomic E-state index is 13.3. The highest BCUT2D eigenvalue weighted by molar-refractivity contribution is 6.39. The highest BCUT2D eigenvalue weighted by Crippen LogP contribution is 2.42. The third-order valence-electron chi connectivity index (χ3n) is 8.57. The second-order valence-electron chi connectivity index (χ2n) is 11.7. The molecule has 0 spiro atoms. The number of hydrogen-bond donors (Lipinski definition) is 4. The molecule has 1 amide bonds. The third kappa shape index (κ3) is 6.31. The van der Waals surface area contributed by atoms with E-state index in [1.807, 2.05) is 48.5 Å². The van der Waals surface area contributed by atoms with Crippen LogP contribution >= 0.6 is 23.2 Å². The summed E-state index contributed by atoms with van der Waals surface area (Å²) in [5, 5.41) is 16.4. The molecular formula is C36H29Cl2N7O5. The van der Waals surface area contributed by atoms with Crippen LogP contribution in [0.1, 0.15) is 28.9 Å². The van der Waals surface area contributed by atoms with Gasteiger partial charge in [0.2, 0.25) is 11.8 Å². The molecule has 2 aromatic carbocycles. The Balaban J connectivity index is 1.17. The fourth-order valence-corrected chi connectivity index (χ4v) is 6.68. The minimum absolute atomic E-state index is 0.0818. The molecule has 12 nitrogen and oxygen atoms in total. The number of nitrogens with one attached hydrogen (secondary N) is 3. The molecule has 1 aliphatic rings. The SMILES string of the molecule is COc1nc(-c2cccc(-c3cccc(-c4ccn5c(=O)c(-c6ncc(C(=O)O)[nH]6)cnc5c4)c3Cl)c2Cl)ccc1CNCC1CCC(=O)N1. The lowest BCUT2D eigenvalue weighted by Gasteiger charge is -2.16. The number of aromatic nitrogens is 5. The number of ether oxygens (including phenoxy) is 1. The number of aromatic amines is 1. The Bertz CT molecular complexity index is 2360. The summed E-state index contributed by atoms with van der Waals surface area (Å²) < 4.78 is 6.98. The number of aromatic carboxylic acids is 1. The van der Waals surface area contributed by atoms with Crippen molar-refractivity contribution in [3.05, 3.63) is 111 Å². The van der Waals surface area contributed by atoms with Gasteiger partial charge in [-0.3, -0.25) is 14.0 Å². The molecule has 5 heterocycles. The number of imidazole rings is 1. The number of carboxylic acid groups (broad SMARTS) is 1. The molecule has 50 heavy (non-hydrogen) atoms. The number of nitrogens with zero attached hydrogens (tertiary/aromatic N) is 4. The van der Waals surface area contributed by atoms with Gasteiger partial charge in [0.1, 0.15) is 22.7 Å².